The fourth-order valence-electron chi connectivity index (χ4n) is 5.51. The summed E-state index contributed by atoms with van der Waals surface area (Å²) in [5.74, 6) is 2.31. The largest absolute Gasteiger partial charge is 0.275 e. The van der Waals surface area contributed by atoms with Gasteiger partial charge in [0.05, 0.1) is 0 Å². The molecule has 2 aliphatic carbocycles. The van der Waals surface area contributed by atoms with E-state index in [1.165, 1.54) is 62.0 Å². The van der Waals surface area contributed by atoms with E-state index in [1.54, 1.807) is 0 Å². The van der Waals surface area contributed by atoms with Crippen LogP contribution in [0.1, 0.15) is 71.6 Å². The smallest absolute Gasteiger partial charge is 0.253 e. The van der Waals surface area contributed by atoms with Crippen LogP contribution < -0.4 is 0 Å². The highest BCUT2D eigenvalue weighted by molar-refractivity contribution is 6.12. The molecule has 0 aromatic carbocycles. The highest BCUT2D eigenvalue weighted by Gasteiger charge is 2.49. The minimum atomic E-state index is -0.165. The van der Waals surface area contributed by atoms with Crippen molar-refractivity contribution < 1.29 is 9.59 Å². The van der Waals surface area contributed by atoms with Crippen LogP contribution >= 0.6 is 0 Å². The van der Waals surface area contributed by atoms with Gasteiger partial charge in [-0.25, -0.2) is 0 Å². The highest BCUT2D eigenvalue weighted by Crippen LogP contribution is 2.60. The van der Waals surface area contributed by atoms with Crippen LogP contribution in [0.5, 0.6) is 0 Å². The Morgan fingerprint density at radius 3 is 2.44 bits per heavy atom. The van der Waals surface area contributed by atoms with Gasteiger partial charge in [-0.1, -0.05) is 32.4 Å². The quantitative estimate of drug-likeness (QED) is 0.340. The zero-order chi connectivity index (χ0) is 17.9. The number of hydrogen-bond donors (Lipinski definition) is 0. The molecule has 3 heteroatoms. The zero-order valence-electron chi connectivity index (χ0n) is 15.9. The van der Waals surface area contributed by atoms with Gasteiger partial charge in [0, 0.05) is 18.7 Å². The molecule has 0 saturated heterocycles. The van der Waals surface area contributed by atoms with Crippen LogP contribution in [-0.2, 0) is 9.59 Å². The summed E-state index contributed by atoms with van der Waals surface area (Å²) < 4.78 is 0. The number of allylic oxidation sites excluding steroid dienone is 2. The summed E-state index contributed by atoms with van der Waals surface area (Å²) in [5, 5.41) is 0. The number of fused-ring (bicyclic) bond motifs is 2. The Balaban J connectivity index is 1.46. The van der Waals surface area contributed by atoms with E-state index in [4.69, 9.17) is 0 Å². The van der Waals surface area contributed by atoms with Crippen molar-refractivity contribution in [1.29, 1.82) is 0 Å². The summed E-state index contributed by atoms with van der Waals surface area (Å²) in [7, 11) is 0. The number of imide groups is 1. The van der Waals surface area contributed by atoms with E-state index in [-0.39, 0.29) is 11.8 Å². The Morgan fingerprint density at radius 1 is 1.20 bits per heavy atom. The fraction of sp³-hybridized carbons (Fsp3) is 0.727. The van der Waals surface area contributed by atoms with Crippen molar-refractivity contribution in [3.8, 4) is 0 Å². The third kappa shape index (κ3) is 3.91. The topological polar surface area (TPSA) is 37.4 Å². The number of unbranched alkanes of at least 4 members (excludes halogenated alkanes) is 1. The van der Waals surface area contributed by atoms with E-state index in [2.05, 4.69) is 26.0 Å². The maximum atomic E-state index is 11.5. The zero-order valence-corrected chi connectivity index (χ0v) is 15.9. The third-order valence-electron chi connectivity index (χ3n) is 7.12. The lowest BCUT2D eigenvalue weighted by molar-refractivity contribution is -0.136. The van der Waals surface area contributed by atoms with Gasteiger partial charge in [0.25, 0.3) is 11.8 Å². The lowest BCUT2D eigenvalue weighted by Crippen LogP contribution is -2.31. The van der Waals surface area contributed by atoms with Gasteiger partial charge >= 0.3 is 0 Å². The molecular formula is C22H33NO2. The van der Waals surface area contributed by atoms with Gasteiger partial charge in [-0.15, -0.1) is 0 Å². The molecule has 138 valence electrons. The van der Waals surface area contributed by atoms with Gasteiger partial charge in [0.1, 0.15) is 0 Å². The van der Waals surface area contributed by atoms with E-state index in [0.29, 0.717) is 12.0 Å². The summed E-state index contributed by atoms with van der Waals surface area (Å²) in [6.07, 6.45) is 19.0. The monoisotopic (exact) mass is 343 g/mol. The summed E-state index contributed by atoms with van der Waals surface area (Å²) >= 11 is 0. The van der Waals surface area contributed by atoms with Crippen molar-refractivity contribution in [2.75, 3.05) is 6.54 Å². The second kappa shape index (κ2) is 7.88. The molecule has 2 saturated carbocycles. The Bertz CT molecular complexity index is 536. The number of nitrogens with zero attached hydrogens (tertiary/aromatic N) is 1. The molecule has 2 bridgehead atoms. The molecule has 0 radical (unpaired) electrons. The summed E-state index contributed by atoms with van der Waals surface area (Å²) in [4.78, 5) is 24.4. The van der Waals surface area contributed by atoms with Crippen LogP contribution in [-0.4, -0.2) is 23.3 Å². The molecule has 2 fully saturated rings. The second-order valence-corrected chi connectivity index (χ2v) is 8.51. The highest BCUT2D eigenvalue weighted by atomic mass is 16.2. The SMILES string of the molecule is CCC(C)C(CC=CCCCN1C(=O)C=CC1=O)C12CCC(CC1)C2. The second-order valence-electron chi connectivity index (χ2n) is 8.51. The van der Waals surface area contributed by atoms with Gasteiger partial charge in [0.15, 0.2) is 0 Å². The third-order valence-corrected chi connectivity index (χ3v) is 7.12. The fourth-order valence-corrected chi connectivity index (χ4v) is 5.51. The molecular weight excluding hydrogens is 310 g/mol. The number of amides is 2. The van der Waals surface area contributed by atoms with Crippen LogP contribution in [0.3, 0.4) is 0 Å². The molecule has 0 spiro atoms. The molecule has 1 aliphatic heterocycles. The lowest BCUT2D eigenvalue weighted by atomic mass is 9.66. The molecule has 2 atom stereocenters. The van der Waals surface area contributed by atoms with Gasteiger partial charge < -0.3 is 0 Å². The molecule has 0 aromatic heterocycles. The Hall–Kier alpha value is -1.38. The molecule has 3 nitrogen and oxygen atoms in total. The molecule has 25 heavy (non-hydrogen) atoms. The van der Waals surface area contributed by atoms with Crippen LogP contribution in [0.2, 0.25) is 0 Å². The minimum absolute atomic E-state index is 0.165. The van der Waals surface area contributed by atoms with E-state index >= 15 is 0 Å². The van der Waals surface area contributed by atoms with Gasteiger partial charge in [-0.05, 0) is 74.5 Å². The molecule has 0 N–H and O–H groups in total. The first-order chi connectivity index (χ1) is 12.1. The van der Waals surface area contributed by atoms with Crippen molar-refractivity contribution >= 4 is 11.8 Å². The molecule has 2 unspecified atom stereocenters. The van der Waals surface area contributed by atoms with E-state index in [0.717, 1.165) is 30.6 Å². The van der Waals surface area contributed by atoms with Gasteiger partial charge in [-0.3, -0.25) is 14.5 Å². The normalized spacial score (nSPS) is 30.8. The predicted molar refractivity (Wildman–Crippen MR) is 101 cm³/mol. The van der Waals surface area contributed by atoms with Crippen LogP contribution in [0, 0.1) is 23.2 Å². The first-order valence-electron chi connectivity index (χ1n) is 10.2. The number of carbonyl (C=O) groups excluding carboxylic acids is 2. The predicted octanol–water partition coefficient (Wildman–Crippen LogP) is 4.88. The van der Waals surface area contributed by atoms with Crippen molar-refractivity contribution in [1.82, 2.24) is 4.90 Å². The van der Waals surface area contributed by atoms with Crippen molar-refractivity contribution in [2.45, 2.75) is 71.6 Å². The lowest BCUT2D eigenvalue weighted by Gasteiger charge is -2.39. The van der Waals surface area contributed by atoms with Crippen molar-refractivity contribution in [2.24, 2.45) is 23.2 Å². The van der Waals surface area contributed by atoms with Gasteiger partial charge in [0.2, 0.25) is 0 Å². The number of hydrogen-bond acceptors (Lipinski definition) is 2. The van der Waals surface area contributed by atoms with Crippen molar-refractivity contribution in [3.63, 3.8) is 0 Å². The van der Waals surface area contributed by atoms with Crippen LogP contribution in [0.15, 0.2) is 24.3 Å². The molecule has 1 heterocycles. The minimum Gasteiger partial charge on any atom is -0.275 e. The first-order valence-corrected chi connectivity index (χ1v) is 10.2. The molecule has 3 aliphatic rings. The summed E-state index contributed by atoms with van der Waals surface area (Å²) in [5.41, 5.74) is 0.629. The van der Waals surface area contributed by atoms with Crippen molar-refractivity contribution in [3.05, 3.63) is 24.3 Å². The van der Waals surface area contributed by atoms with Crippen LogP contribution in [0.25, 0.3) is 0 Å². The van der Waals surface area contributed by atoms with E-state index in [1.807, 2.05) is 0 Å². The molecule has 2 amide bonds. The summed E-state index contributed by atoms with van der Waals surface area (Å²) in [6.45, 7) is 5.31. The van der Waals surface area contributed by atoms with E-state index in [9.17, 15) is 9.59 Å². The number of carbonyl (C=O) groups is 2. The maximum absolute atomic E-state index is 11.5. The van der Waals surface area contributed by atoms with Crippen LogP contribution in [0.4, 0.5) is 0 Å². The average molecular weight is 344 g/mol. The Kier molecular flexibility index (Phi) is 5.81. The van der Waals surface area contributed by atoms with E-state index < -0.39 is 0 Å². The Morgan fingerprint density at radius 2 is 1.88 bits per heavy atom. The standard InChI is InChI=1S/C22H33NO2/c1-3-17(2)19(22-13-11-18(16-22)12-14-22)8-6-4-5-7-15-23-20(24)9-10-21(23)25/h4,6,9-10,17-19H,3,5,7-8,11-16H2,1-2H3. The molecule has 3 rings (SSSR count). The average Bonchev–Trinajstić information content (AvgIpc) is 3.30. The summed E-state index contributed by atoms with van der Waals surface area (Å²) in [6, 6.07) is 0. The maximum Gasteiger partial charge on any atom is 0.253 e. The Labute approximate surface area is 152 Å². The van der Waals surface area contributed by atoms with Gasteiger partial charge in [-0.2, -0.15) is 0 Å². The first kappa shape index (κ1) is 18.4. The molecule has 0 aromatic rings. The number of rotatable bonds is 9.